The van der Waals surface area contributed by atoms with Gasteiger partial charge in [-0.1, -0.05) is 12.8 Å². The molecule has 36 heavy (non-hydrogen) atoms. The Hall–Kier alpha value is -2.71. The van der Waals surface area contributed by atoms with Gasteiger partial charge in [-0.15, -0.1) is 0 Å². The summed E-state index contributed by atoms with van der Waals surface area (Å²) in [4.78, 5) is 31.4. The third-order valence-corrected chi connectivity index (χ3v) is 7.93. The lowest BCUT2D eigenvalue weighted by Crippen LogP contribution is -2.38. The van der Waals surface area contributed by atoms with Gasteiger partial charge in [0.2, 0.25) is 0 Å². The zero-order chi connectivity index (χ0) is 25.1. The summed E-state index contributed by atoms with van der Waals surface area (Å²) in [6.07, 6.45) is 9.02. The molecule has 4 heterocycles. The molecule has 1 N–H and O–H groups in total. The molecule has 1 amide bonds. The van der Waals surface area contributed by atoms with Gasteiger partial charge >= 0.3 is 0 Å². The van der Waals surface area contributed by atoms with Crippen molar-refractivity contribution >= 4 is 27.7 Å². The smallest absolute Gasteiger partial charge is 0.259 e. The van der Waals surface area contributed by atoms with Crippen LogP contribution < -0.4 is 5.56 Å². The average Bonchev–Trinajstić information content (AvgIpc) is 3.35. The number of carbonyl (C=O) groups is 1. The maximum Gasteiger partial charge on any atom is 0.259 e. The lowest BCUT2D eigenvalue weighted by molar-refractivity contribution is 0.0675. The van der Waals surface area contributed by atoms with Gasteiger partial charge in [0.25, 0.3) is 11.5 Å². The van der Waals surface area contributed by atoms with Crippen molar-refractivity contribution in [3.63, 3.8) is 0 Å². The molecule has 5 rings (SSSR count). The summed E-state index contributed by atoms with van der Waals surface area (Å²) in [5.74, 6) is 0.771. The van der Waals surface area contributed by atoms with Crippen molar-refractivity contribution in [3.05, 3.63) is 39.8 Å². The Morgan fingerprint density at radius 1 is 1.14 bits per heavy atom. The predicted molar refractivity (Wildman–Crippen MR) is 141 cm³/mol. The number of fused-ring (bicyclic) bond motifs is 3. The van der Waals surface area contributed by atoms with Crippen LogP contribution in [0.4, 0.5) is 0 Å². The fourth-order valence-electron chi connectivity index (χ4n) is 5.81. The van der Waals surface area contributed by atoms with Crippen molar-refractivity contribution in [2.24, 2.45) is 5.92 Å². The normalized spacial score (nSPS) is 17.9. The van der Waals surface area contributed by atoms with Crippen molar-refractivity contribution in [2.75, 3.05) is 39.5 Å². The minimum Gasteiger partial charge on any atom is -0.382 e. The first kappa shape index (κ1) is 25.0. The Bertz CT molecular complexity index is 1270. The number of aromatic amines is 1. The number of unbranched alkanes of at least 4 members (excludes halogenated alkanes) is 1. The lowest BCUT2D eigenvalue weighted by atomic mass is 9.91. The van der Waals surface area contributed by atoms with Crippen LogP contribution in [0.1, 0.15) is 73.8 Å². The number of amides is 1. The van der Waals surface area contributed by atoms with Crippen LogP contribution in [0.2, 0.25) is 0 Å². The maximum absolute atomic E-state index is 13.6. The molecule has 2 aliphatic rings. The van der Waals surface area contributed by atoms with Crippen molar-refractivity contribution in [2.45, 2.75) is 64.8 Å². The highest BCUT2D eigenvalue weighted by molar-refractivity contribution is 6.07. The second kappa shape index (κ2) is 11.1. The van der Waals surface area contributed by atoms with Crippen LogP contribution in [-0.2, 0) is 9.47 Å². The first-order valence-electron chi connectivity index (χ1n) is 13.6. The number of H-pyrrole nitrogens is 1. The number of aryl methyl sites for hydroxylation is 1. The standard InChI is InChI=1S/C28H38N4O4/c1-3-35-13-5-4-6-20-7-11-31(12-8-20)28(34)22-17-23-25(16-19(22)2)30-27(33)24-18-29-32(26(23)24)21-9-14-36-15-10-21/h16-18,20-21H,3-15H2,1-2H3,(H,30,33). The number of pyridine rings is 1. The summed E-state index contributed by atoms with van der Waals surface area (Å²) in [5, 5.41) is 6.06. The topological polar surface area (TPSA) is 89.5 Å². The predicted octanol–water partition coefficient (Wildman–Crippen LogP) is 4.60. The van der Waals surface area contributed by atoms with Crippen LogP contribution in [0.3, 0.4) is 0 Å². The summed E-state index contributed by atoms with van der Waals surface area (Å²) < 4.78 is 13.0. The molecule has 2 saturated heterocycles. The zero-order valence-electron chi connectivity index (χ0n) is 21.6. The zero-order valence-corrected chi connectivity index (χ0v) is 21.6. The number of piperidine rings is 1. The number of hydrogen-bond donors (Lipinski definition) is 1. The molecule has 0 radical (unpaired) electrons. The number of likely N-dealkylation sites (tertiary alicyclic amines) is 1. The Kier molecular flexibility index (Phi) is 7.72. The van der Waals surface area contributed by atoms with Gasteiger partial charge in [0.1, 0.15) is 0 Å². The average molecular weight is 495 g/mol. The van der Waals surface area contributed by atoms with Gasteiger partial charge in [0.15, 0.2) is 0 Å². The van der Waals surface area contributed by atoms with E-state index in [1.807, 2.05) is 35.6 Å². The molecule has 2 fully saturated rings. The van der Waals surface area contributed by atoms with Crippen LogP contribution in [0.15, 0.2) is 23.1 Å². The van der Waals surface area contributed by atoms with E-state index in [9.17, 15) is 9.59 Å². The molecule has 3 aromatic rings. The maximum atomic E-state index is 13.6. The number of nitrogens with zero attached hydrogens (tertiary/aromatic N) is 3. The third-order valence-electron chi connectivity index (χ3n) is 7.93. The van der Waals surface area contributed by atoms with E-state index >= 15 is 0 Å². The molecule has 1 aromatic carbocycles. The van der Waals surface area contributed by atoms with E-state index in [4.69, 9.17) is 9.47 Å². The molecule has 0 atom stereocenters. The molecule has 0 saturated carbocycles. The van der Waals surface area contributed by atoms with Crippen molar-refractivity contribution in [1.29, 1.82) is 0 Å². The number of nitrogens with one attached hydrogen (secondary N) is 1. The second-order valence-corrected chi connectivity index (χ2v) is 10.3. The Balaban J connectivity index is 1.37. The van der Waals surface area contributed by atoms with Crippen LogP contribution in [0.25, 0.3) is 21.8 Å². The van der Waals surface area contributed by atoms with Gasteiger partial charge in [-0.05, 0) is 69.6 Å². The monoisotopic (exact) mass is 494 g/mol. The summed E-state index contributed by atoms with van der Waals surface area (Å²) in [7, 11) is 0. The summed E-state index contributed by atoms with van der Waals surface area (Å²) >= 11 is 0. The second-order valence-electron chi connectivity index (χ2n) is 10.3. The molecule has 2 aromatic heterocycles. The molecule has 2 aliphatic heterocycles. The molecule has 0 spiro atoms. The fraction of sp³-hybridized carbons (Fsp3) is 0.607. The van der Waals surface area contributed by atoms with Crippen LogP contribution in [-0.4, -0.2) is 65.1 Å². The SMILES string of the molecule is CCOCCCCC1CCN(C(=O)c2cc3c(cc2C)[nH]c(=O)c2cnn(C4CCOCC4)c23)CC1. The van der Waals surface area contributed by atoms with E-state index in [-0.39, 0.29) is 17.5 Å². The Labute approximate surface area is 211 Å². The summed E-state index contributed by atoms with van der Waals surface area (Å²) in [5.41, 5.74) is 3.03. The number of aromatic nitrogens is 3. The number of rotatable bonds is 8. The fourth-order valence-corrected chi connectivity index (χ4v) is 5.81. The van der Waals surface area contributed by atoms with Crippen LogP contribution in [0, 0.1) is 12.8 Å². The first-order valence-corrected chi connectivity index (χ1v) is 13.6. The van der Waals surface area contributed by atoms with Gasteiger partial charge in [-0.3, -0.25) is 14.3 Å². The molecule has 0 bridgehead atoms. The van der Waals surface area contributed by atoms with E-state index < -0.39 is 0 Å². The molecule has 0 unspecified atom stereocenters. The minimum absolute atomic E-state index is 0.0840. The van der Waals surface area contributed by atoms with E-state index in [2.05, 4.69) is 10.1 Å². The van der Waals surface area contributed by atoms with E-state index in [0.29, 0.717) is 30.1 Å². The highest BCUT2D eigenvalue weighted by atomic mass is 16.5. The number of carbonyl (C=O) groups excluding carboxylic acids is 1. The lowest BCUT2D eigenvalue weighted by Gasteiger charge is -2.32. The van der Waals surface area contributed by atoms with Gasteiger partial charge in [-0.2, -0.15) is 5.10 Å². The van der Waals surface area contributed by atoms with Gasteiger partial charge in [-0.25, -0.2) is 0 Å². The Morgan fingerprint density at radius 3 is 2.67 bits per heavy atom. The van der Waals surface area contributed by atoms with E-state index in [1.54, 1.807) is 6.20 Å². The number of ether oxygens (including phenoxy) is 2. The van der Waals surface area contributed by atoms with Crippen LogP contribution in [0.5, 0.6) is 0 Å². The first-order chi connectivity index (χ1) is 17.6. The van der Waals surface area contributed by atoms with Gasteiger partial charge in [0, 0.05) is 50.5 Å². The van der Waals surface area contributed by atoms with Crippen molar-refractivity contribution in [1.82, 2.24) is 19.7 Å². The quantitative estimate of drug-likeness (QED) is 0.463. The number of benzene rings is 1. The minimum atomic E-state index is -0.141. The Morgan fingerprint density at radius 2 is 1.92 bits per heavy atom. The number of hydrogen-bond acceptors (Lipinski definition) is 5. The summed E-state index contributed by atoms with van der Waals surface area (Å²) in [6, 6.07) is 4.10. The highest BCUT2D eigenvalue weighted by Gasteiger charge is 2.26. The van der Waals surface area contributed by atoms with E-state index in [1.165, 1.54) is 12.8 Å². The van der Waals surface area contributed by atoms with Crippen molar-refractivity contribution < 1.29 is 14.3 Å². The van der Waals surface area contributed by atoms with Crippen LogP contribution >= 0.6 is 0 Å². The molecule has 8 nitrogen and oxygen atoms in total. The third kappa shape index (κ3) is 5.06. The molecular formula is C28H38N4O4. The van der Waals surface area contributed by atoms with Gasteiger partial charge < -0.3 is 19.4 Å². The molecule has 8 heteroatoms. The largest absolute Gasteiger partial charge is 0.382 e. The van der Waals surface area contributed by atoms with E-state index in [0.717, 1.165) is 80.4 Å². The molecule has 194 valence electrons. The molecule has 0 aliphatic carbocycles. The highest BCUT2D eigenvalue weighted by Crippen LogP contribution is 2.31. The van der Waals surface area contributed by atoms with Crippen molar-refractivity contribution in [3.8, 4) is 0 Å². The molecular weight excluding hydrogens is 456 g/mol. The summed E-state index contributed by atoms with van der Waals surface area (Å²) in [6.45, 7) is 8.61. The van der Waals surface area contributed by atoms with Gasteiger partial charge in [0.05, 0.1) is 28.7 Å².